The Labute approximate surface area is 232 Å². The van der Waals surface area contributed by atoms with Crippen molar-refractivity contribution in [2.24, 2.45) is 0 Å². The summed E-state index contributed by atoms with van der Waals surface area (Å²) in [5.41, 5.74) is 4.13. The summed E-state index contributed by atoms with van der Waals surface area (Å²) in [6.45, 7) is 0. The average Bonchev–Trinajstić information content (AvgIpc) is 2.76. The monoisotopic (exact) mass is 596 g/mol. The predicted octanol–water partition coefficient (Wildman–Crippen LogP) is 1.61. The SMILES string of the molecule is Clc1ccc2c(c1)[N+](=c1ccc3nc4cc(Cl)ccc4sc-3c1)c1ccccc1S2.[Cl-].[Cl-].[Cu+2]. The first-order valence-electron chi connectivity index (χ1n) is 9.35. The molecule has 3 aromatic rings. The van der Waals surface area contributed by atoms with Gasteiger partial charge in [-0.1, -0.05) is 47.1 Å². The van der Waals surface area contributed by atoms with E-state index < -0.39 is 0 Å². The molecule has 6 rings (SSSR count). The molecule has 2 nitrogen and oxygen atoms in total. The van der Waals surface area contributed by atoms with E-state index in [0.29, 0.717) is 5.02 Å². The van der Waals surface area contributed by atoms with Gasteiger partial charge in [0.05, 0.1) is 30.6 Å². The number of hydrogen-bond acceptors (Lipinski definition) is 3. The van der Waals surface area contributed by atoms with E-state index in [0.717, 1.165) is 42.5 Å². The molecule has 9 heteroatoms. The molecule has 3 aromatic carbocycles. The van der Waals surface area contributed by atoms with E-state index in [-0.39, 0.29) is 41.9 Å². The average molecular weight is 599 g/mol. The molecule has 169 valence electrons. The van der Waals surface area contributed by atoms with Gasteiger partial charge >= 0.3 is 17.1 Å². The number of para-hydroxylation sites is 1. The molecule has 3 aliphatic rings. The summed E-state index contributed by atoms with van der Waals surface area (Å²) >= 11 is 16.0. The summed E-state index contributed by atoms with van der Waals surface area (Å²) in [6, 6.07) is 26.8. The summed E-state index contributed by atoms with van der Waals surface area (Å²) in [7, 11) is 0. The summed E-state index contributed by atoms with van der Waals surface area (Å²) in [5.74, 6) is 0. The molecule has 1 aliphatic carbocycles. The quantitative estimate of drug-likeness (QED) is 0.150. The molecule has 0 atom stereocenters. The van der Waals surface area contributed by atoms with E-state index in [1.807, 2.05) is 30.3 Å². The fourth-order valence-corrected chi connectivity index (χ4v) is 6.09. The maximum absolute atomic E-state index is 6.38. The van der Waals surface area contributed by atoms with Crippen molar-refractivity contribution in [3.8, 4) is 10.6 Å². The van der Waals surface area contributed by atoms with Crippen molar-refractivity contribution in [1.82, 2.24) is 9.56 Å². The van der Waals surface area contributed by atoms with Gasteiger partial charge in [0.1, 0.15) is 0 Å². The first-order valence-corrected chi connectivity index (χ1v) is 11.7. The maximum atomic E-state index is 6.38. The van der Waals surface area contributed by atoms with Gasteiger partial charge in [-0.2, -0.15) is 4.58 Å². The van der Waals surface area contributed by atoms with Gasteiger partial charge in [-0.3, -0.25) is 0 Å². The Bertz CT molecular complexity index is 1520. The minimum atomic E-state index is 0. The number of fused-ring (bicyclic) bond motifs is 4. The van der Waals surface area contributed by atoms with E-state index in [2.05, 4.69) is 53.1 Å². The van der Waals surface area contributed by atoms with Crippen molar-refractivity contribution < 1.29 is 41.9 Å². The third-order valence-electron chi connectivity index (χ3n) is 5.07. The van der Waals surface area contributed by atoms with Crippen molar-refractivity contribution in [2.45, 2.75) is 9.79 Å². The first kappa shape index (κ1) is 26.3. The number of hydrogen-bond donors (Lipinski definition) is 0. The van der Waals surface area contributed by atoms with Crippen LogP contribution in [0.2, 0.25) is 10.0 Å². The number of nitrogens with zero attached hydrogens (tertiary/aromatic N) is 2. The molecule has 0 saturated carbocycles. The molecule has 0 unspecified atom stereocenters. The summed E-state index contributed by atoms with van der Waals surface area (Å²) < 4.78 is 3.40. The molecular formula is C24H13Cl4CuN2S2+. The third-order valence-corrected chi connectivity index (χ3v) is 7.78. The van der Waals surface area contributed by atoms with Gasteiger partial charge in [0.2, 0.25) is 16.7 Å². The van der Waals surface area contributed by atoms with Crippen LogP contribution in [0.15, 0.2) is 88.7 Å². The molecule has 0 spiro atoms. The van der Waals surface area contributed by atoms with Crippen LogP contribution in [0.3, 0.4) is 0 Å². The van der Waals surface area contributed by atoms with Crippen LogP contribution in [0.4, 0.5) is 11.4 Å². The zero-order chi connectivity index (χ0) is 20.2. The molecule has 0 saturated heterocycles. The standard InChI is InChI=1S/C24H13Cl2N2S2.2ClH.Cu/c25-14-5-9-21-18(11-14)27-17-8-7-16(13-24(17)29-21)28-19-3-1-2-4-22(19)30-23-10-6-15(26)12-20(23)28;;;/h1-13H;2*1H;/q+1;;;+2/p-2. The zero-order valence-corrected chi connectivity index (χ0v) is 22.1. The number of benzene rings is 4. The zero-order valence-electron chi connectivity index (χ0n) is 16.5. The Kier molecular flexibility index (Phi) is 8.42. The Balaban J connectivity index is 0.00000102. The van der Waals surface area contributed by atoms with Gasteiger partial charge in [-0.05, 0) is 42.5 Å². The van der Waals surface area contributed by atoms with Gasteiger partial charge in [0.25, 0.3) is 0 Å². The van der Waals surface area contributed by atoms with Crippen LogP contribution in [-0.2, 0) is 17.1 Å². The van der Waals surface area contributed by atoms with Crippen LogP contribution in [0.5, 0.6) is 0 Å². The molecule has 2 heterocycles. The normalized spacial score (nSPS) is 13.3. The van der Waals surface area contributed by atoms with Crippen LogP contribution >= 0.6 is 46.3 Å². The summed E-state index contributed by atoms with van der Waals surface area (Å²) in [4.78, 5) is 8.35. The van der Waals surface area contributed by atoms with Crippen molar-refractivity contribution in [2.75, 3.05) is 0 Å². The number of rotatable bonds is 0. The molecule has 2 aliphatic heterocycles. The molecule has 0 aromatic heterocycles. The Morgan fingerprint density at radius 2 is 1.45 bits per heavy atom. The van der Waals surface area contributed by atoms with Crippen LogP contribution in [-0.4, -0.2) is 4.98 Å². The van der Waals surface area contributed by atoms with Crippen molar-refractivity contribution >= 4 is 67.9 Å². The van der Waals surface area contributed by atoms with Gasteiger partial charge in [-0.25, -0.2) is 4.98 Å². The van der Waals surface area contributed by atoms with Crippen molar-refractivity contribution in [3.63, 3.8) is 0 Å². The van der Waals surface area contributed by atoms with Crippen LogP contribution < -0.4 is 34.7 Å². The molecule has 1 radical (unpaired) electrons. The Morgan fingerprint density at radius 1 is 0.727 bits per heavy atom. The molecular weight excluding hydrogens is 586 g/mol. The summed E-state index contributed by atoms with van der Waals surface area (Å²) in [6.07, 6.45) is 0. The molecule has 33 heavy (non-hydrogen) atoms. The first-order chi connectivity index (χ1) is 14.7. The summed E-state index contributed by atoms with van der Waals surface area (Å²) in [5, 5.41) is 2.52. The van der Waals surface area contributed by atoms with E-state index in [9.17, 15) is 0 Å². The minimum absolute atomic E-state index is 0. The van der Waals surface area contributed by atoms with Crippen LogP contribution in [0.1, 0.15) is 0 Å². The predicted molar refractivity (Wildman–Crippen MR) is 128 cm³/mol. The maximum Gasteiger partial charge on any atom is 2.00 e. The second kappa shape index (κ2) is 10.6. The topological polar surface area (TPSA) is 15.9 Å². The molecule has 0 bridgehead atoms. The second-order valence-electron chi connectivity index (χ2n) is 7.00. The fourth-order valence-electron chi connectivity index (χ4n) is 3.73. The van der Waals surface area contributed by atoms with Gasteiger partial charge < -0.3 is 24.8 Å². The van der Waals surface area contributed by atoms with Crippen molar-refractivity contribution in [3.05, 3.63) is 94.3 Å². The van der Waals surface area contributed by atoms with E-state index in [4.69, 9.17) is 28.2 Å². The van der Waals surface area contributed by atoms with Crippen LogP contribution in [0.25, 0.3) is 20.8 Å². The molecule has 0 N–H and O–H groups in total. The van der Waals surface area contributed by atoms with E-state index >= 15 is 0 Å². The van der Waals surface area contributed by atoms with Gasteiger partial charge in [-0.15, -0.1) is 11.3 Å². The molecule has 0 amide bonds. The van der Waals surface area contributed by atoms with Crippen molar-refractivity contribution in [1.29, 1.82) is 0 Å². The van der Waals surface area contributed by atoms with E-state index in [1.165, 1.54) is 9.79 Å². The smallest absolute Gasteiger partial charge is 1.00 e. The number of halogens is 4. The Morgan fingerprint density at radius 3 is 2.30 bits per heavy atom. The van der Waals surface area contributed by atoms with Gasteiger partial charge in [0, 0.05) is 34.3 Å². The van der Waals surface area contributed by atoms with Gasteiger partial charge in [0.15, 0.2) is 0 Å². The van der Waals surface area contributed by atoms with E-state index in [1.54, 1.807) is 23.1 Å². The molecule has 0 fully saturated rings. The second-order valence-corrected chi connectivity index (χ2v) is 10.0. The largest absolute Gasteiger partial charge is 2.00 e. The van der Waals surface area contributed by atoms with Crippen LogP contribution in [0, 0.1) is 0 Å². The fraction of sp³-hybridized carbons (Fsp3) is 0. The Hall–Kier alpha value is -1.27. The minimum Gasteiger partial charge on any atom is -1.00 e. The number of aromatic nitrogens is 1. The third kappa shape index (κ3) is 4.80.